The lowest BCUT2D eigenvalue weighted by Crippen LogP contribution is -2.24. The molecule has 3 rings (SSSR count). The Labute approximate surface area is 153 Å². The third-order valence-electron chi connectivity index (χ3n) is 3.72. The van der Waals surface area contributed by atoms with E-state index in [9.17, 15) is 14.0 Å². The van der Waals surface area contributed by atoms with Crippen LogP contribution in [0.5, 0.6) is 0 Å². The van der Waals surface area contributed by atoms with E-state index in [1.54, 1.807) is 12.1 Å². The van der Waals surface area contributed by atoms with Gasteiger partial charge in [0.15, 0.2) is 10.8 Å². The van der Waals surface area contributed by atoms with Crippen molar-refractivity contribution in [1.29, 1.82) is 0 Å². The second kappa shape index (κ2) is 7.65. The molecule has 0 saturated carbocycles. The summed E-state index contributed by atoms with van der Waals surface area (Å²) in [6.07, 6.45) is 0. The molecule has 2 aromatic heterocycles. The van der Waals surface area contributed by atoms with Crippen LogP contribution in [0.15, 0.2) is 40.3 Å². The fourth-order valence-corrected chi connectivity index (χ4v) is 3.20. The molecule has 6 nitrogen and oxygen atoms in total. The maximum absolute atomic E-state index is 12.9. The van der Waals surface area contributed by atoms with Gasteiger partial charge in [0.25, 0.3) is 5.56 Å². The summed E-state index contributed by atoms with van der Waals surface area (Å²) < 4.78 is 12.9. The lowest BCUT2D eigenvalue weighted by atomic mass is 10.2. The first kappa shape index (κ1) is 18.1. The molecule has 0 saturated heterocycles. The summed E-state index contributed by atoms with van der Waals surface area (Å²) in [6.45, 7) is 3.98. The lowest BCUT2D eigenvalue weighted by molar-refractivity contribution is -0.118. The zero-order chi connectivity index (χ0) is 18.7. The Bertz CT molecular complexity index is 1020. The van der Waals surface area contributed by atoms with Gasteiger partial charge in [-0.25, -0.2) is 14.4 Å². The molecule has 0 fully saturated rings. The van der Waals surface area contributed by atoms with Crippen LogP contribution in [0.4, 0.5) is 4.39 Å². The normalized spacial score (nSPS) is 10.9. The molecule has 0 unspecified atom stereocenters. The van der Waals surface area contributed by atoms with E-state index < -0.39 is 0 Å². The van der Waals surface area contributed by atoms with Crippen molar-refractivity contribution < 1.29 is 9.18 Å². The maximum atomic E-state index is 12.9. The first-order valence-electron chi connectivity index (χ1n) is 7.94. The Balaban J connectivity index is 1.64. The Kier molecular flexibility index (Phi) is 5.32. The molecule has 0 radical (unpaired) electrons. The summed E-state index contributed by atoms with van der Waals surface area (Å²) in [4.78, 5) is 35.5. The van der Waals surface area contributed by atoms with Crippen molar-refractivity contribution in [3.8, 4) is 0 Å². The largest absolute Gasteiger partial charge is 0.351 e. The zero-order valence-electron chi connectivity index (χ0n) is 14.3. The van der Waals surface area contributed by atoms with Crippen molar-refractivity contribution in [3.05, 3.63) is 63.3 Å². The second-order valence-corrected chi connectivity index (χ2v) is 6.81. The van der Waals surface area contributed by atoms with E-state index in [1.807, 2.05) is 19.9 Å². The molecule has 0 aliphatic carbocycles. The molecule has 8 heteroatoms. The summed E-state index contributed by atoms with van der Waals surface area (Å²) in [5, 5.41) is 3.54. The van der Waals surface area contributed by atoms with Gasteiger partial charge in [-0.2, -0.15) is 0 Å². The molecule has 1 amide bonds. The number of aromatic amines is 1. The van der Waals surface area contributed by atoms with Crippen LogP contribution in [0.3, 0.4) is 0 Å². The molecular formula is C18H17FN4O2S. The summed E-state index contributed by atoms with van der Waals surface area (Å²) in [5.74, 6) is -0.433. The van der Waals surface area contributed by atoms with Gasteiger partial charge in [0.1, 0.15) is 5.82 Å². The highest BCUT2D eigenvalue weighted by Gasteiger charge is 2.10. The van der Waals surface area contributed by atoms with Crippen molar-refractivity contribution in [2.45, 2.75) is 25.5 Å². The number of carbonyl (C=O) groups is 1. The van der Waals surface area contributed by atoms with Crippen LogP contribution in [-0.4, -0.2) is 26.6 Å². The standard InChI is InChI=1S/C18H17FN4O2S/c1-10-7-11(2)21-16-15(10)17(25)23-18(22-16)26-9-14(24)20-8-12-3-5-13(19)6-4-12/h3-7H,8-9H2,1-2H3,(H,20,24)(H,21,22,23,25). The molecule has 0 atom stereocenters. The number of thioether (sulfide) groups is 1. The van der Waals surface area contributed by atoms with Crippen LogP contribution in [0.1, 0.15) is 16.8 Å². The number of rotatable bonds is 5. The van der Waals surface area contributed by atoms with Crippen LogP contribution in [0, 0.1) is 19.7 Å². The van der Waals surface area contributed by atoms with E-state index >= 15 is 0 Å². The number of fused-ring (bicyclic) bond motifs is 1. The number of hydrogen-bond acceptors (Lipinski definition) is 5. The van der Waals surface area contributed by atoms with Gasteiger partial charge in [-0.05, 0) is 43.2 Å². The van der Waals surface area contributed by atoms with Crippen LogP contribution >= 0.6 is 11.8 Å². The highest BCUT2D eigenvalue weighted by molar-refractivity contribution is 7.99. The summed E-state index contributed by atoms with van der Waals surface area (Å²) in [6, 6.07) is 7.74. The van der Waals surface area contributed by atoms with Crippen molar-refractivity contribution in [2.24, 2.45) is 0 Å². The highest BCUT2D eigenvalue weighted by Crippen LogP contribution is 2.16. The molecule has 0 aliphatic rings. The van der Waals surface area contributed by atoms with Gasteiger partial charge in [0.05, 0.1) is 11.1 Å². The van der Waals surface area contributed by atoms with Crippen LogP contribution < -0.4 is 10.9 Å². The van der Waals surface area contributed by atoms with Crippen molar-refractivity contribution in [1.82, 2.24) is 20.3 Å². The number of amides is 1. The molecule has 3 aromatic rings. The Hall–Kier alpha value is -2.74. The molecule has 0 aliphatic heterocycles. The van der Waals surface area contributed by atoms with E-state index in [0.29, 0.717) is 22.7 Å². The number of hydrogen-bond donors (Lipinski definition) is 2. The first-order chi connectivity index (χ1) is 12.4. The number of nitrogens with zero attached hydrogens (tertiary/aromatic N) is 2. The Morgan fingerprint density at radius 2 is 1.96 bits per heavy atom. The van der Waals surface area contributed by atoms with Crippen LogP contribution in [0.25, 0.3) is 11.0 Å². The fourth-order valence-electron chi connectivity index (χ4n) is 2.52. The van der Waals surface area contributed by atoms with Gasteiger partial charge in [-0.1, -0.05) is 23.9 Å². The molecule has 2 heterocycles. The number of carbonyl (C=O) groups excluding carboxylic acids is 1. The number of aromatic nitrogens is 3. The molecular weight excluding hydrogens is 355 g/mol. The zero-order valence-corrected chi connectivity index (χ0v) is 15.1. The number of halogens is 1. The third-order valence-corrected chi connectivity index (χ3v) is 4.60. The highest BCUT2D eigenvalue weighted by atomic mass is 32.2. The molecule has 0 bridgehead atoms. The van der Waals surface area contributed by atoms with Gasteiger partial charge < -0.3 is 10.3 Å². The first-order valence-corrected chi connectivity index (χ1v) is 8.93. The predicted octanol–water partition coefficient (Wildman–Crippen LogP) is 2.48. The number of aryl methyl sites for hydroxylation is 2. The molecule has 1 aromatic carbocycles. The molecule has 0 spiro atoms. The van der Waals surface area contributed by atoms with Gasteiger partial charge in [-0.15, -0.1) is 0 Å². The SMILES string of the molecule is Cc1cc(C)c2c(=O)[nH]c(SCC(=O)NCc3ccc(F)cc3)nc2n1. The van der Waals surface area contributed by atoms with Crippen LogP contribution in [-0.2, 0) is 11.3 Å². The third kappa shape index (κ3) is 4.26. The second-order valence-electron chi connectivity index (χ2n) is 5.84. The van der Waals surface area contributed by atoms with Gasteiger partial charge >= 0.3 is 0 Å². The van der Waals surface area contributed by atoms with E-state index in [1.165, 1.54) is 12.1 Å². The topological polar surface area (TPSA) is 87.7 Å². The molecule has 134 valence electrons. The quantitative estimate of drug-likeness (QED) is 0.531. The molecule has 26 heavy (non-hydrogen) atoms. The fraction of sp³-hybridized carbons (Fsp3) is 0.222. The minimum atomic E-state index is -0.318. The van der Waals surface area contributed by atoms with Crippen molar-refractivity contribution >= 4 is 28.7 Å². The van der Waals surface area contributed by atoms with E-state index in [4.69, 9.17) is 0 Å². The predicted molar refractivity (Wildman–Crippen MR) is 98.6 cm³/mol. The maximum Gasteiger partial charge on any atom is 0.261 e. The van der Waals surface area contributed by atoms with E-state index in [0.717, 1.165) is 28.6 Å². The van der Waals surface area contributed by atoms with Gasteiger partial charge in [0, 0.05) is 12.2 Å². The lowest BCUT2D eigenvalue weighted by Gasteiger charge is -2.06. The smallest absolute Gasteiger partial charge is 0.261 e. The number of benzene rings is 1. The number of pyridine rings is 1. The minimum Gasteiger partial charge on any atom is -0.351 e. The Morgan fingerprint density at radius 1 is 1.23 bits per heavy atom. The van der Waals surface area contributed by atoms with E-state index in [2.05, 4.69) is 20.3 Å². The van der Waals surface area contributed by atoms with E-state index in [-0.39, 0.29) is 23.0 Å². The average Bonchev–Trinajstić information content (AvgIpc) is 2.58. The van der Waals surface area contributed by atoms with Crippen LogP contribution in [0.2, 0.25) is 0 Å². The number of H-pyrrole nitrogens is 1. The molecule has 2 N–H and O–H groups in total. The summed E-state index contributed by atoms with van der Waals surface area (Å²) >= 11 is 1.13. The van der Waals surface area contributed by atoms with Gasteiger partial charge in [-0.3, -0.25) is 9.59 Å². The summed E-state index contributed by atoms with van der Waals surface area (Å²) in [7, 11) is 0. The Morgan fingerprint density at radius 3 is 2.69 bits per heavy atom. The van der Waals surface area contributed by atoms with Crippen molar-refractivity contribution in [3.63, 3.8) is 0 Å². The van der Waals surface area contributed by atoms with Crippen molar-refractivity contribution in [2.75, 3.05) is 5.75 Å². The number of nitrogens with one attached hydrogen (secondary N) is 2. The van der Waals surface area contributed by atoms with Gasteiger partial charge in [0.2, 0.25) is 5.91 Å². The minimum absolute atomic E-state index is 0.0977. The summed E-state index contributed by atoms with van der Waals surface area (Å²) in [5.41, 5.74) is 2.50. The average molecular weight is 372 g/mol. The monoisotopic (exact) mass is 372 g/mol.